The van der Waals surface area contributed by atoms with E-state index in [1.807, 2.05) is 6.92 Å². The lowest BCUT2D eigenvalue weighted by Crippen LogP contribution is -2.05. The Hall–Kier alpha value is -0.790. The van der Waals surface area contributed by atoms with Crippen molar-refractivity contribution in [3.05, 3.63) is 11.1 Å². The number of methoxy groups -OCH3 is 1. The Labute approximate surface area is 93.7 Å². The van der Waals surface area contributed by atoms with Gasteiger partial charge in [-0.05, 0) is 32.6 Å². The number of rotatable bonds is 7. The molecule has 0 N–H and O–H groups in total. The van der Waals surface area contributed by atoms with Crippen molar-refractivity contribution in [2.45, 2.75) is 59.3 Å². The standard InChI is InChI=1S/C13H24O2/c1-5-7-9-12(10-8-6-2)11(3)13(14)15-4/h5-10H2,1-4H3. The van der Waals surface area contributed by atoms with E-state index in [1.54, 1.807) is 0 Å². The van der Waals surface area contributed by atoms with Gasteiger partial charge in [-0.1, -0.05) is 32.3 Å². The number of allylic oxidation sites excluding steroid dienone is 1. The van der Waals surface area contributed by atoms with Crippen molar-refractivity contribution < 1.29 is 9.53 Å². The third kappa shape index (κ3) is 5.60. The van der Waals surface area contributed by atoms with Crippen LogP contribution in [0.1, 0.15) is 59.3 Å². The first-order valence-electron chi connectivity index (χ1n) is 5.94. The molecule has 2 heteroatoms. The second-order valence-corrected chi connectivity index (χ2v) is 3.93. The number of carbonyl (C=O) groups is 1. The van der Waals surface area contributed by atoms with Crippen molar-refractivity contribution in [3.63, 3.8) is 0 Å². The minimum Gasteiger partial charge on any atom is -0.466 e. The van der Waals surface area contributed by atoms with Gasteiger partial charge in [0, 0.05) is 5.57 Å². The summed E-state index contributed by atoms with van der Waals surface area (Å²) < 4.78 is 4.76. The molecule has 0 aromatic heterocycles. The molecule has 0 aromatic carbocycles. The van der Waals surface area contributed by atoms with Gasteiger partial charge >= 0.3 is 5.97 Å². The summed E-state index contributed by atoms with van der Waals surface area (Å²) in [6.07, 6.45) is 6.74. The van der Waals surface area contributed by atoms with Crippen molar-refractivity contribution in [2.75, 3.05) is 7.11 Å². The van der Waals surface area contributed by atoms with Crippen molar-refractivity contribution in [3.8, 4) is 0 Å². The number of esters is 1. The zero-order chi connectivity index (χ0) is 11.7. The van der Waals surface area contributed by atoms with Gasteiger partial charge in [-0.25, -0.2) is 4.79 Å². The van der Waals surface area contributed by atoms with Gasteiger partial charge in [-0.3, -0.25) is 0 Å². The van der Waals surface area contributed by atoms with Gasteiger partial charge in [-0.15, -0.1) is 0 Å². The van der Waals surface area contributed by atoms with E-state index in [0.29, 0.717) is 0 Å². The highest BCUT2D eigenvalue weighted by Crippen LogP contribution is 2.19. The monoisotopic (exact) mass is 212 g/mol. The van der Waals surface area contributed by atoms with E-state index in [-0.39, 0.29) is 5.97 Å². The van der Waals surface area contributed by atoms with E-state index in [2.05, 4.69) is 13.8 Å². The Balaban J connectivity index is 4.48. The van der Waals surface area contributed by atoms with Crippen LogP contribution in [0.15, 0.2) is 11.1 Å². The second-order valence-electron chi connectivity index (χ2n) is 3.93. The summed E-state index contributed by atoms with van der Waals surface area (Å²) in [5, 5.41) is 0. The summed E-state index contributed by atoms with van der Waals surface area (Å²) in [6.45, 7) is 6.22. The molecule has 0 bridgehead atoms. The van der Waals surface area contributed by atoms with Gasteiger partial charge in [0.1, 0.15) is 0 Å². The van der Waals surface area contributed by atoms with Crippen LogP contribution >= 0.6 is 0 Å². The molecule has 0 aliphatic heterocycles. The van der Waals surface area contributed by atoms with Gasteiger partial charge in [0.25, 0.3) is 0 Å². The van der Waals surface area contributed by atoms with Gasteiger partial charge in [-0.2, -0.15) is 0 Å². The smallest absolute Gasteiger partial charge is 0.333 e. The second kappa shape index (κ2) is 8.51. The predicted octanol–water partition coefficient (Wildman–Crippen LogP) is 3.86. The largest absolute Gasteiger partial charge is 0.466 e. The Kier molecular flexibility index (Phi) is 8.06. The minimum absolute atomic E-state index is 0.169. The van der Waals surface area contributed by atoms with Gasteiger partial charge in [0.2, 0.25) is 0 Å². The molecular formula is C13H24O2. The average molecular weight is 212 g/mol. The van der Waals surface area contributed by atoms with E-state index in [4.69, 9.17) is 4.74 Å². The minimum atomic E-state index is -0.169. The first kappa shape index (κ1) is 14.2. The summed E-state index contributed by atoms with van der Waals surface area (Å²) in [5.41, 5.74) is 2.10. The molecule has 0 aromatic rings. The Bertz CT molecular complexity index is 207. The first-order chi connectivity index (χ1) is 7.17. The fraction of sp³-hybridized carbons (Fsp3) is 0.769. The van der Waals surface area contributed by atoms with Gasteiger partial charge in [0.05, 0.1) is 7.11 Å². The van der Waals surface area contributed by atoms with Crippen LogP contribution in [0.3, 0.4) is 0 Å². The molecule has 88 valence electrons. The molecular weight excluding hydrogens is 188 g/mol. The van der Waals surface area contributed by atoms with Crippen LogP contribution < -0.4 is 0 Å². The maximum atomic E-state index is 11.4. The van der Waals surface area contributed by atoms with Crippen molar-refractivity contribution in [1.29, 1.82) is 0 Å². The summed E-state index contributed by atoms with van der Waals surface area (Å²) in [6, 6.07) is 0. The van der Waals surface area contributed by atoms with E-state index in [1.165, 1.54) is 25.5 Å². The number of hydrogen-bond donors (Lipinski definition) is 0. The Morgan fingerprint density at radius 1 is 1.07 bits per heavy atom. The summed E-state index contributed by atoms with van der Waals surface area (Å²) >= 11 is 0. The van der Waals surface area contributed by atoms with E-state index in [9.17, 15) is 4.79 Å². The molecule has 0 atom stereocenters. The molecule has 0 fully saturated rings. The molecule has 2 nitrogen and oxygen atoms in total. The third-order valence-electron chi connectivity index (χ3n) is 2.69. The summed E-state index contributed by atoms with van der Waals surface area (Å²) in [7, 11) is 1.45. The molecule has 0 saturated heterocycles. The SMILES string of the molecule is CCCCC(CCCC)=C(C)C(=O)OC. The quantitative estimate of drug-likeness (QED) is 0.473. The van der Waals surface area contributed by atoms with Crippen LogP contribution in [0.5, 0.6) is 0 Å². The number of hydrogen-bond acceptors (Lipinski definition) is 2. The third-order valence-corrected chi connectivity index (χ3v) is 2.69. The maximum absolute atomic E-state index is 11.4. The molecule has 0 spiro atoms. The van der Waals surface area contributed by atoms with E-state index in [0.717, 1.165) is 31.3 Å². The zero-order valence-electron chi connectivity index (χ0n) is 10.6. The number of ether oxygens (including phenoxy) is 1. The van der Waals surface area contributed by atoms with Crippen LogP contribution in [0.2, 0.25) is 0 Å². The normalized spacial score (nSPS) is 9.87. The molecule has 0 heterocycles. The fourth-order valence-corrected chi connectivity index (χ4v) is 1.58. The first-order valence-corrected chi connectivity index (χ1v) is 5.94. The summed E-state index contributed by atoms with van der Waals surface area (Å²) in [5.74, 6) is -0.169. The number of carbonyl (C=O) groups excluding carboxylic acids is 1. The predicted molar refractivity (Wildman–Crippen MR) is 63.8 cm³/mol. The molecule has 15 heavy (non-hydrogen) atoms. The topological polar surface area (TPSA) is 26.3 Å². The fourth-order valence-electron chi connectivity index (χ4n) is 1.58. The molecule has 0 radical (unpaired) electrons. The van der Waals surface area contributed by atoms with Crippen molar-refractivity contribution in [2.24, 2.45) is 0 Å². The molecule has 0 amide bonds. The van der Waals surface area contributed by atoms with Crippen molar-refractivity contribution >= 4 is 5.97 Å². The highest BCUT2D eigenvalue weighted by Gasteiger charge is 2.10. The highest BCUT2D eigenvalue weighted by atomic mass is 16.5. The zero-order valence-corrected chi connectivity index (χ0v) is 10.6. The summed E-state index contributed by atoms with van der Waals surface area (Å²) in [4.78, 5) is 11.4. The lowest BCUT2D eigenvalue weighted by atomic mass is 9.98. The number of unbranched alkanes of at least 4 members (excludes halogenated alkanes) is 2. The van der Waals surface area contributed by atoms with Gasteiger partial charge < -0.3 is 4.74 Å². The lowest BCUT2D eigenvalue weighted by Gasteiger charge is -2.10. The van der Waals surface area contributed by atoms with Crippen LogP contribution in [-0.2, 0) is 9.53 Å². The average Bonchev–Trinajstić information content (AvgIpc) is 2.27. The molecule has 0 rings (SSSR count). The van der Waals surface area contributed by atoms with Crippen LogP contribution in [0.4, 0.5) is 0 Å². The lowest BCUT2D eigenvalue weighted by molar-refractivity contribution is -0.136. The Morgan fingerprint density at radius 2 is 1.53 bits per heavy atom. The Morgan fingerprint density at radius 3 is 1.87 bits per heavy atom. The molecule has 0 aliphatic rings. The molecule has 0 aliphatic carbocycles. The molecule has 0 unspecified atom stereocenters. The maximum Gasteiger partial charge on any atom is 0.333 e. The van der Waals surface area contributed by atoms with Crippen LogP contribution in [-0.4, -0.2) is 13.1 Å². The van der Waals surface area contributed by atoms with Crippen LogP contribution in [0.25, 0.3) is 0 Å². The molecule has 0 saturated carbocycles. The van der Waals surface area contributed by atoms with Gasteiger partial charge in [0.15, 0.2) is 0 Å². The highest BCUT2D eigenvalue weighted by molar-refractivity contribution is 5.88. The van der Waals surface area contributed by atoms with E-state index >= 15 is 0 Å². The van der Waals surface area contributed by atoms with Crippen LogP contribution in [0, 0.1) is 0 Å². The van der Waals surface area contributed by atoms with E-state index < -0.39 is 0 Å². The van der Waals surface area contributed by atoms with Crippen molar-refractivity contribution in [1.82, 2.24) is 0 Å².